The molecule has 0 atom stereocenters. The summed E-state index contributed by atoms with van der Waals surface area (Å²) < 4.78 is 37.5. The highest BCUT2D eigenvalue weighted by molar-refractivity contribution is 7.15. The van der Waals surface area contributed by atoms with Crippen LogP contribution in [0.5, 0.6) is 0 Å². The standard InChI is InChI=1S/C14H10F3N3S/c1-8-2-5-12(21-8)9-3-4-10(18-7-9)11-6-13(20-19-11)14(15,16)17/h2-7H,1H3,(H,19,20). The van der Waals surface area contributed by atoms with Crippen LogP contribution in [0.4, 0.5) is 13.2 Å². The molecular formula is C14H10F3N3S. The second kappa shape index (κ2) is 5.00. The maximum Gasteiger partial charge on any atom is 0.435 e. The van der Waals surface area contributed by atoms with Crippen molar-refractivity contribution in [3.63, 3.8) is 0 Å². The number of pyridine rings is 1. The van der Waals surface area contributed by atoms with E-state index in [9.17, 15) is 13.2 Å². The molecule has 108 valence electrons. The van der Waals surface area contributed by atoms with Gasteiger partial charge in [-0.25, -0.2) is 0 Å². The first-order chi connectivity index (χ1) is 9.93. The maximum atomic E-state index is 12.5. The Kier molecular flexibility index (Phi) is 3.29. The Balaban J connectivity index is 1.89. The van der Waals surface area contributed by atoms with Crippen LogP contribution >= 0.6 is 11.3 Å². The fraction of sp³-hybridized carbons (Fsp3) is 0.143. The van der Waals surface area contributed by atoms with E-state index < -0.39 is 11.9 Å². The fourth-order valence-corrected chi connectivity index (χ4v) is 2.74. The number of halogens is 3. The highest BCUT2D eigenvalue weighted by atomic mass is 32.1. The highest BCUT2D eigenvalue weighted by Gasteiger charge is 2.34. The maximum absolute atomic E-state index is 12.5. The zero-order valence-electron chi connectivity index (χ0n) is 10.9. The van der Waals surface area contributed by atoms with Gasteiger partial charge in [0.1, 0.15) is 0 Å². The monoisotopic (exact) mass is 309 g/mol. The molecule has 7 heteroatoms. The minimum atomic E-state index is -4.46. The van der Waals surface area contributed by atoms with Gasteiger partial charge in [-0.2, -0.15) is 18.3 Å². The number of H-pyrrole nitrogens is 1. The summed E-state index contributed by atoms with van der Waals surface area (Å²) in [4.78, 5) is 6.47. The van der Waals surface area contributed by atoms with Crippen molar-refractivity contribution >= 4 is 11.3 Å². The van der Waals surface area contributed by atoms with Crippen LogP contribution < -0.4 is 0 Å². The van der Waals surface area contributed by atoms with E-state index in [2.05, 4.69) is 15.2 Å². The van der Waals surface area contributed by atoms with Crippen LogP contribution in [0, 0.1) is 6.92 Å². The van der Waals surface area contributed by atoms with Gasteiger partial charge in [0, 0.05) is 21.5 Å². The smallest absolute Gasteiger partial charge is 0.276 e. The van der Waals surface area contributed by atoms with Crippen molar-refractivity contribution in [1.82, 2.24) is 15.2 Å². The lowest BCUT2D eigenvalue weighted by molar-refractivity contribution is -0.141. The minimum absolute atomic E-state index is 0.247. The van der Waals surface area contributed by atoms with E-state index in [0.29, 0.717) is 5.69 Å². The second-order valence-electron chi connectivity index (χ2n) is 4.51. The second-order valence-corrected chi connectivity index (χ2v) is 5.79. The molecule has 0 aromatic carbocycles. The molecule has 3 aromatic heterocycles. The lowest BCUT2D eigenvalue weighted by Crippen LogP contribution is -2.04. The van der Waals surface area contributed by atoms with E-state index in [0.717, 1.165) is 16.5 Å². The van der Waals surface area contributed by atoms with Gasteiger partial charge in [-0.3, -0.25) is 10.1 Å². The quantitative estimate of drug-likeness (QED) is 0.756. The SMILES string of the molecule is Cc1ccc(-c2ccc(-c3cc(C(F)(F)F)n[nH]3)nc2)s1. The summed E-state index contributed by atoms with van der Waals surface area (Å²) in [5.74, 6) is 0. The number of hydrogen-bond acceptors (Lipinski definition) is 3. The largest absolute Gasteiger partial charge is 0.435 e. The highest BCUT2D eigenvalue weighted by Crippen LogP contribution is 2.31. The Labute approximate surface area is 122 Å². The molecule has 0 unspecified atom stereocenters. The van der Waals surface area contributed by atoms with Crippen molar-refractivity contribution < 1.29 is 13.2 Å². The zero-order valence-corrected chi connectivity index (χ0v) is 11.7. The van der Waals surface area contributed by atoms with E-state index in [4.69, 9.17) is 0 Å². The molecule has 0 radical (unpaired) electrons. The lowest BCUT2D eigenvalue weighted by Gasteiger charge is -2.00. The predicted octanol–water partition coefficient (Wildman–Crippen LogP) is 4.53. The average molecular weight is 309 g/mol. The Bertz CT molecular complexity index is 756. The van der Waals surface area contributed by atoms with Crippen molar-refractivity contribution in [2.75, 3.05) is 0 Å². The van der Waals surface area contributed by atoms with E-state index in [1.807, 2.05) is 25.1 Å². The summed E-state index contributed by atoms with van der Waals surface area (Å²) in [5.41, 5.74) is 0.663. The summed E-state index contributed by atoms with van der Waals surface area (Å²) in [6.07, 6.45) is -2.81. The topological polar surface area (TPSA) is 41.6 Å². The minimum Gasteiger partial charge on any atom is -0.276 e. The Hall–Kier alpha value is -2.15. The number of alkyl halides is 3. The van der Waals surface area contributed by atoms with E-state index in [1.54, 1.807) is 23.6 Å². The van der Waals surface area contributed by atoms with Crippen molar-refractivity contribution in [3.8, 4) is 21.8 Å². The van der Waals surface area contributed by atoms with Crippen molar-refractivity contribution in [2.45, 2.75) is 13.1 Å². The van der Waals surface area contributed by atoms with Crippen LogP contribution in [0.25, 0.3) is 21.8 Å². The molecule has 0 aliphatic carbocycles. The summed E-state index contributed by atoms with van der Waals surface area (Å²) in [6.45, 7) is 2.01. The summed E-state index contributed by atoms with van der Waals surface area (Å²) >= 11 is 1.64. The van der Waals surface area contributed by atoms with E-state index in [-0.39, 0.29) is 5.69 Å². The molecule has 3 aromatic rings. The van der Waals surface area contributed by atoms with Gasteiger partial charge in [0.2, 0.25) is 0 Å². The normalized spacial score (nSPS) is 11.8. The molecule has 21 heavy (non-hydrogen) atoms. The van der Waals surface area contributed by atoms with Crippen LogP contribution in [0.3, 0.4) is 0 Å². The van der Waals surface area contributed by atoms with Gasteiger partial charge in [0.15, 0.2) is 5.69 Å². The number of aromatic nitrogens is 3. The molecule has 1 N–H and O–H groups in total. The van der Waals surface area contributed by atoms with Crippen LogP contribution in [-0.2, 0) is 6.18 Å². The summed E-state index contributed by atoms with van der Waals surface area (Å²) in [7, 11) is 0. The lowest BCUT2D eigenvalue weighted by atomic mass is 10.2. The zero-order chi connectivity index (χ0) is 15.0. The number of aryl methyl sites for hydroxylation is 1. The van der Waals surface area contributed by atoms with Gasteiger partial charge in [-0.05, 0) is 37.3 Å². The molecule has 3 rings (SSSR count). The number of hydrogen-bond donors (Lipinski definition) is 1. The van der Waals surface area contributed by atoms with Crippen LogP contribution in [0.1, 0.15) is 10.6 Å². The fourth-order valence-electron chi connectivity index (χ4n) is 1.89. The van der Waals surface area contributed by atoms with Crippen LogP contribution in [-0.4, -0.2) is 15.2 Å². The number of aromatic amines is 1. The van der Waals surface area contributed by atoms with Gasteiger partial charge in [0.25, 0.3) is 0 Å². The van der Waals surface area contributed by atoms with E-state index >= 15 is 0 Å². The molecule has 0 saturated heterocycles. The number of nitrogens with zero attached hydrogens (tertiary/aromatic N) is 2. The molecule has 0 saturated carbocycles. The first kappa shape index (κ1) is 13.8. The van der Waals surface area contributed by atoms with Gasteiger partial charge in [-0.15, -0.1) is 11.3 Å². The number of rotatable bonds is 2. The number of nitrogens with one attached hydrogen (secondary N) is 1. The summed E-state index contributed by atoms with van der Waals surface area (Å²) in [5, 5.41) is 5.62. The molecule has 0 fully saturated rings. The van der Waals surface area contributed by atoms with E-state index in [1.165, 1.54) is 4.88 Å². The average Bonchev–Trinajstić information content (AvgIpc) is 3.07. The van der Waals surface area contributed by atoms with Gasteiger partial charge in [0.05, 0.1) is 11.4 Å². The Morgan fingerprint density at radius 3 is 2.48 bits per heavy atom. The van der Waals surface area contributed by atoms with Crippen molar-refractivity contribution in [2.24, 2.45) is 0 Å². The third-order valence-electron chi connectivity index (χ3n) is 2.93. The van der Waals surface area contributed by atoms with Crippen LogP contribution in [0.2, 0.25) is 0 Å². The molecule has 0 amide bonds. The van der Waals surface area contributed by atoms with Gasteiger partial charge < -0.3 is 0 Å². The Morgan fingerprint density at radius 1 is 1.14 bits per heavy atom. The van der Waals surface area contributed by atoms with Gasteiger partial charge in [-0.1, -0.05) is 0 Å². The van der Waals surface area contributed by atoms with Crippen molar-refractivity contribution in [1.29, 1.82) is 0 Å². The molecular weight excluding hydrogens is 299 g/mol. The predicted molar refractivity (Wildman–Crippen MR) is 74.9 cm³/mol. The molecule has 3 nitrogen and oxygen atoms in total. The molecule has 0 bridgehead atoms. The third-order valence-corrected chi connectivity index (χ3v) is 3.98. The molecule has 0 aliphatic rings. The third kappa shape index (κ3) is 2.82. The molecule has 0 spiro atoms. The van der Waals surface area contributed by atoms with Crippen molar-refractivity contribution in [3.05, 3.63) is 47.1 Å². The summed E-state index contributed by atoms with van der Waals surface area (Å²) in [6, 6.07) is 8.48. The van der Waals surface area contributed by atoms with Crippen LogP contribution in [0.15, 0.2) is 36.5 Å². The molecule has 0 aliphatic heterocycles. The van der Waals surface area contributed by atoms with Gasteiger partial charge >= 0.3 is 6.18 Å². The first-order valence-corrected chi connectivity index (χ1v) is 6.91. The first-order valence-electron chi connectivity index (χ1n) is 6.09. The Morgan fingerprint density at radius 2 is 1.95 bits per heavy atom. The number of thiophene rings is 1. The molecule has 3 heterocycles.